The van der Waals surface area contributed by atoms with Crippen molar-refractivity contribution in [2.75, 3.05) is 19.8 Å². The number of aliphatic hydroxyl groups excluding tert-OH is 1. The van der Waals surface area contributed by atoms with Gasteiger partial charge in [0.1, 0.15) is 43.4 Å². The SMILES string of the molecule is CC(C)[C@H](N)C(=O)OC(=O)[C@@H](N)COC(=O)[C@@H](N)CO.NC(=O)CC[C@H](N)C(=O)OC[C@H](N)C(=O)O. The van der Waals surface area contributed by atoms with Crippen LogP contribution < -0.4 is 34.4 Å². The smallest absolute Gasteiger partial charge is 0.334 e. The second kappa shape index (κ2) is 18.1. The van der Waals surface area contributed by atoms with Gasteiger partial charge >= 0.3 is 29.8 Å². The number of carboxylic acid groups (broad SMARTS) is 1. The Kier molecular flexibility index (Phi) is 17.6. The molecule has 0 aliphatic rings. The van der Waals surface area contributed by atoms with Crippen molar-refractivity contribution in [3.8, 4) is 0 Å². The quantitative estimate of drug-likeness (QED) is 0.0597. The number of carbonyl (C=O) groups is 6. The number of rotatable bonds is 14. The molecule has 0 heterocycles. The van der Waals surface area contributed by atoms with Gasteiger partial charge in [-0.2, -0.15) is 0 Å². The van der Waals surface area contributed by atoms with E-state index in [0.29, 0.717) is 0 Å². The van der Waals surface area contributed by atoms with E-state index in [1.165, 1.54) is 0 Å². The van der Waals surface area contributed by atoms with Crippen molar-refractivity contribution < 1.29 is 53.2 Å². The van der Waals surface area contributed by atoms with Gasteiger partial charge < -0.3 is 58.8 Å². The Morgan fingerprint density at radius 2 is 1.19 bits per heavy atom. The molecule has 0 rings (SSSR count). The first-order chi connectivity index (χ1) is 16.5. The summed E-state index contributed by atoms with van der Waals surface area (Å²) in [6, 6.07) is -5.79. The van der Waals surface area contributed by atoms with Crippen LogP contribution in [0.5, 0.6) is 0 Å². The summed E-state index contributed by atoms with van der Waals surface area (Å²) in [6.45, 7) is 1.80. The van der Waals surface area contributed by atoms with E-state index in [0.717, 1.165) is 0 Å². The minimum atomic E-state index is -1.34. The average molecular weight is 525 g/mol. The zero-order chi connectivity index (χ0) is 28.6. The molecule has 0 fully saturated rings. The van der Waals surface area contributed by atoms with Crippen LogP contribution >= 0.6 is 0 Å². The fraction of sp³-hybridized carbons (Fsp3) is 0.684. The fourth-order valence-corrected chi connectivity index (χ4v) is 1.70. The van der Waals surface area contributed by atoms with Gasteiger partial charge in [0.05, 0.1) is 6.61 Å². The molecular formula is C19H36N6O11. The summed E-state index contributed by atoms with van der Waals surface area (Å²) < 4.78 is 13.6. The number of carboxylic acids is 1. The zero-order valence-electron chi connectivity index (χ0n) is 20.0. The van der Waals surface area contributed by atoms with E-state index in [1.54, 1.807) is 13.8 Å². The molecule has 0 spiro atoms. The van der Waals surface area contributed by atoms with Gasteiger partial charge in [-0.1, -0.05) is 13.8 Å². The van der Waals surface area contributed by atoms with Crippen molar-refractivity contribution in [2.24, 2.45) is 40.3 Å². The van der Waals surface area contributed by atoms with E-state index in [9.17, 15) is 28.8 Å². The lowest BCUT2D eigenvalue weighted by Gasteiger charge is -2.16. The number of primary amides is 1. The third-order valence-corrected chi connectivity index (χ3v) is 4.13. The Balaban J connectivity index is 0. The molecule has 208 valence electrons. The molecule has 1 amide bonds. The van der Waals surface area contributed by atoms with Gasteiger partial charge in [-0.05, 0) is 12.3 Å². The van der Waals surface area contributed by atoms with E-state index in [2.05, 4.69) is 14.2 Å². The molecule has 0 saturated carbocycles. The van der Waals surface area contributed by atoms with Crippen molar-refractivity contribution in [1.82, 2.24) is 0 Å². The number of ether oxygens (including phenoxy) is 3. The lowest BCUT2D eigenvalue weighted by molar-refractivity contribution is -0.163. The van der Waals surface area contributed by atoms with Crippen LogP contribution in [-0.2, 0) is 43.0 Å². The number of carbonyl (C=O) groups excluding carboxylic acids is 5. The predicted molar refractivity (Wildman–Crippen MR) is 121 cm³/mol. The molecule has 0 aliphatic heterocycles. The number of hydrogen-bond acceptors (Lipinski definition) is 15. The van der Waals surface area contributed by atoms with E-state index >= 15 is 0 Å². The van der Waals surface area contributed by atoms with Crippen LogP contribution in [0.2, 0.25) is 0 Å². The highest BCUT2D eigenvalue weighted by molar-refractivity contribution is 5.91. The Bertz CT molecular complexity index is 764. The number of aliphatic carboxylic acids is 1. The summed E-state index contributed by atoms with van der Waals surface area (Å²) in [5.74, 6) is -5.75. The first-order valence-corrected chi connectivity index (χ1v) is 10.5. The summed E-state index contributed by atoms with van der Waals surface area (Å²) >= 11 is 0. The van der Waals surface area contributed by atoms with Crippen LogP contribution in [-0.4, -0.2) is 96.0 Å². The van der Waals surface area contributed by atoms with E-state index < -0.39 is 85.8 Å². The first kappa shape index (κ1) is 34.9. The molecule has 17 nitrogen and oxygen atoms in total. The molecular weight excluding hydrogens is 488 g/mol. The topological polar surface area (TPSA) is 327 Å². The molecule has 14 N–H and O–H groups in total. The molecule has 0 unspecified atom stereocenters. The van der Waals surface area contributed by atoms with Crippen LogP contribution in [0.25, 0.3) is 0 Å². The van der Waals surface area contributed by atoms with Crippen molar-refractivity contribution in [2.45, 2.75) is 56.9 Å². The summed E-state index contributed by atoms with van der Waals surface area (Å²) in [4.78, 5) is 65.8. The molecule has 17 heteroatoms. The zero-order valence-corrected chi connectivity index (χ0v) is 20.0. The van der Waals surface area contributed by atoms with Crippen LogP contribution in [0.4, 0.5) is 0 Å². The van der Waals surface area contributed by atoms with Crippen molar-refractivity contribution >= 4 is 35.8 Å². The Morgan fingerprint density at radius 1 is 0.722 bits per heavy atom. The van der Waals surface area contributed by atoms with Crippen LogP contribution in [0.1, 0.15) is 26.7 Å². The Labute approximate surface area is 206 Å². The van der Waals surface area contributed by atoms with E-state index in [-0.39, 0.29) is 18.8 Å². The van der Waals surface area contributed by atoms with Crippen molar-refractivity contribution in [3.63, 3.8) is 0 Å². The second-order valence-corrected chi connectivity index (χ2v) is 7.72. The summed E-state index contributed by atoms with van der Waals surface area (Å²) in [5, 5.41) is 17.0. The molecule has 0 aromatic carbocycles. The first-order valence-electron chi connectivity index (χ1n) is 10.5. The lowest BCUT2D eigenvalue weighted by Crippen LogP contribution is -2.45. The van der Waals surface area contributed by atoms with E-state index in [4.69, 9.17) is 44.6 Å². The Hall–Kier alpha value is -3.22. The van der Waals surface area contributed by atoms with Gasteiger partial charge in [-0.3, -0.25) is 19.2 Å². The fourth-order valence-electron chi connectivity index (χ4n) is 1.70. The molecule has 0 aromatic heterocycles. The Morgan fingerprint density at radius 3 is 1.61 bits per heavy atom. The van der Waals surface area contributed by atoms with Gasteiger partial charge in [-0.25, -0.2) is 9.59 Å². The molecule has 0 aliphatic carbocycles. The van der Waals surface area contributed by atoms with Crippen LogP contribution in [0.3, 0.4) is 0 Å². The highest BCUT2D eigenvalue weighted by Crippen LogP contribution is 2.02. The van der Waals surface area contributed by atoms with Crippen molar-refractivity contribution in [1.29, 1.82) is 0 Å². The molecule has 36 heavy (non-hydrogen) atoms. The predicted octanol–water partition coefficient (Wildman–Crippen LogP) is -5.24. The number of aliphatic hydroxyl groups is 1. The number of amides is 1. The number of hydrogen-bond donors (Lipinski definition) is 8. The average Bonchev–Trinajstić information content (AvgIpc) is 2.82. The van der Waals surface area contributed by atoms with Gasteiger partial charge in [-0.15, -0.1) is 0 Å². The molecule has 5 atom stereocenters. The molecule has 0 aromatic rings. The highest BCUT2D eigenvalue weighted by Gasteiger charge is 2.26. The number of esters is 4. The van der Waals surface area contributed by atoms with Gasteiger partial charge in [0.15, 0.2) is 0 Å². The normalized spacial score (nSPS) is 14.7. The maximum atomic E-state index is 11.4. The van der Waals surface area contributed by atoms with Gasteiger partial charge in [0.25, 0.3) is 0 Å². The van der Waals surface area contributed by atoms with Crippen molar-refractivity contribution in [3.05, 3.63) is 0 Å². The second-order valence-electron chi connectivity index (χ2n) is 7.72. The highest BCUT2D eigenvalue weighted by atomic mass is 16.6. The van der Waals surface area contributed by atoms with Gasteiger partial charge in [0, 0.05) is 6.42 Å². The third-order valence-electron chi connectivity index (χ3n) is 4.13. The monoisotopic (exact) mass is 524 g/mol. The maximum Gasteiger partial charge on any atom is 0.334 e. The molecule has 0 bridgehead atoms. The summed E-state index contributed by atoms with van der Waals surface area (Å²) in [6.07, 6.45) is 0.0116. The molecule has 0 radical (unpaired) electrons. The van der Waals surface area contributed by atoms with Gasteiger partial charge in [0.2, 0.25) is 5.91 Å². The summed E-state index contributed by atoms with van der Waals surface area (Å²) in [7, 11) is 0. The number of nitrogens with two attached hydrogens (primary N) is 6. The maximum absolute atomic E-state index is 11.4. The third kappa shape index (κ3) is 15.6. The largest absolute Gasteiger partial charge is 0.480 e. The standard InChI is InChI=1S/C11H21N3O6.C8H15N3O5/c1-5(2)8(14)11(18)20-10(17)7(13)4-19-9(16)6(12)3-15;9-4(1-2-6(11)12)8(15)16-3-5(10)7(13)14/h5-8,15H,3-4,12-14H2,1-2H3;4-5H,1-3,9-10H2,(H2,11,12)(H,13,14)/t6-,7-,8-;4-,5-/m00/s1. The summed E-state index contributed by atoms with van der Waals surface area (Å²) in [5.41, 5.74) is 31.4. The molecule has 0 saturated heterocycles. The van der Waals surface area contributed by atoms with Crippen LogP contribution in [0.15, 0.2) is 0 Å². The minimum Gasteiger partial charge on any atom is -0.480 e. The van der Waals surface area contributed by atoms with E-state index in [1.807, 2.05) is 0 Å². The van der Waals surface area contributed by atoms with Crippen LogP contribution in [0, 0.1) is 5.92 Å². The minimum absolute atomic E-state index is 0.0404. The lowest BCUT2D eigenvalue weighted by atomic mass is 10.1.